The molecule has 0 fully saturated rings. The van der Waals surface area contributed by atoms with Gasteiger partial charge in [0.25, 0.3) is 0 Å². The van der Waals surface area contributed by atoms with E-state index >= 15 is 0 Å². The van der Waals surface area contributed by atoms with E-state index in [1.807, 2.05) is 53.1 Å². The van der Waals surface area contributed by atoms with E-state index in [4.69, 9.17) is 11.6 Å². The first-order valence-electron chi connectivity index (χ1n) is 12.2. The van der Waals surface area contributed by atoms with E-state index in [1.54, 1.807) is 6.07 Å². The van der Waals surface area contributed by atoms with Crippen LogP contribution >= 0.6 is 11.6 Å². The Hall–Kier alpha value is -4.50. The molecule has 3 aromatic heterocycles. The zero-order chi connectivity index (χ0) is 26.5. The topological polar surface area (TPSA) is 119 Å². The summed E-state index contributed by atoms with van der Waals surface area (Å²) < 4.78 is 1.87. The highest BCUT2D eigenvalue weighted by molar-refractivity contribution is 6.33. The Balaban J connectivity index is 1.48. The van der Waals surface area contributed by atoms with Gasteiger partial charge in [0, 0.05) is 30.3 Å². The fraction of sp³-hybridized carbons (Fsp3) is 0.179. The van der Waals surface area contributed by atoms with E-state index < -0.39 is 0 Å². The van der Waals surface area contributed by atoms with Crippen molar-refractivity contribution in [3.05, 3.63) is 100 Å². The van der Waals surface area contributed by atoms with E-state index in [9.17, 15) is 9.59 Å². The molecule has 0 aliphatic rings. The quantitative estimate of drug-likeness (QED) is 0.196. The molecule has 0 aliphatic carbocycles. The molecule has 0 amide bonds. The average Bonchev–Trinajstić information content (AvgIpc) is 3.60. The van der Waals surface area contributed by atoms with E-state index in [-0.39, 0.29) is 22.3 Å². The van der Waals surface area contributed by atoms with Crippen LogP contribution in [0.4, 0.5) is 0 Å². The van der Waals surface area contributed by atoms with Crippen molar-refractivity contribution in [3.8, 4) is 22.5 Å². The lowest BCUT2D eigenvalue weighted by Gasteiger charge is -2.13. The van der Waals surface area contributed by atoms with Crippen LogP contribution in [0.3, 0.4) is 0 Å². The highest BCUT2D eigenvalue weighted by atomic mass is 35.5. The van der Waals surface area contributed by atoms with Gasteiger partial charge in [-0.2, -0.15) is 5.21 Å². The smallest absolute Gasteiger partial charge is 0.230 e. The molecule has 0 aliphatic heterocycles. The number of pyridine rings is 1. The molecule has 5 rings (SSSR count). The van der Waals surface area contributed by atoms with Gasteiger partial charge in [-0.25, -0.2) is 4.98 Å². The number of tetrazole rings is 1. The Labute approximate surface area is 223 Å². The van der Waals surface area contributed by atoms with Crippen molar-refractivity contribution in [1.29, 1.82) is 0 Å². The summed E-state index contributed by atoms with van der Waals surface area (Å²) in [6, 6.07) is 19.0. The lowest BCUT2D eigenvalue weighted by molar-refractivity contribution is 0.102. The maximum Gasteiger partial charge on any atom is 0.230 e. The number of unbranched alkanes of at least 4 members (excludes halogenated alkanes) is 1. The standard InChI is InChI=1S/C28H24ClN7O2/c1-2-3-8-24-31-27(29)25(26(38)23-14-11-19(17-37)15-30-23)36(24)16-18-9-12-20(13-10-18)21-6-4-5-7-22(21)28-32-34-35-33-28/h4-7,9-15,17H,2-3,8,16H2,1H3,(H,32,33,34,35). The van der Waals surface area contributed by atoms with Crippen LogP contribution in [0.25, 0.3) is 22.5 Å². The van der Waals surface area contributed by atoms with Gasteiger partial charge in [0.1, 0.15) is 17.2 Å². The van der Waals surface area contributed by atoms with Crippen LogP contribution in [0.2, 0.25) is 5.15 Å². The number of aromatic amines is 1. The second-order valence-electron chi connectivity index (χ2n) is 8.76. The Bertz CT molecular complexity index is 1560. The summed E-state index contributed by atoms with van der Waals surface area (Å²) in [5.41, 5.74) is 4.72. The number of nitrogens with zero attached hydrogens (tertiary/aromatic N) is 6. The molecule has 0 unspecified atom stereocenters. The van der Waals surface area contributed by atoms with Crippen LogP contribution in [0.5, 0.6) is 0 Å². The minimum Gasteiger partial charge on any atom is -0.319 e. The first-order valence-corrected chi connectivity index (χ1v) is 12.6. The molecule has 190 valence electrons. The summed E-state index contributed by atoms with van der Waals surface area (Å²) in [7, 11) is 0. The second-order valence-corrected chi connectivity index (χ2v) is 9.12. The molecular formula is C28H24ClN7O2. The Morgan fingerprint density at radius 1 is 1.05 bits per heavy atom. The number of benzene rings is 2. The van der Waals surface area contributed by atoms with Crippen LogP contribution in [0, 0.1) is 0 Å². The fourth-order valence-corrected chi connectivity index (χ4v) is 4.57. The van der Waals surface area contributed by atoms with Crippen molar-refractivity contribution >= 4 is 23.7 Å². The number of hydrogen-bond acceptors (Lipinski definition) is 7. The van der Waals surface area contributed by atoms with E-state index in [1.165, 1.54) is 12.3 Å². The van der Waals surface area contributed by atoms with Gasteiger partial charge in [-0.3, -0.25) is 14.6 Å². The molecule has 0 atom stereocenters. The van der Waals surface area contributed by atoms with Crippen LogP contribution < -0.4 is 0 Å². The molecule has 0 radical (unpaired) electrons. The number of nitrogens with one attached hydrogen (secondary N) is 1. The summed E-state index contributed by atoms with van der Waals surface area (Å²) >= 11 is 6.51. The normalized spacial score (nSPS) is 11.0. The summed E-state index contributed by atoms with van der Waals surface area (Å²) in [4.78, 5) is 33.1. The third kappa shape index (κ3) is 5.14. The summed E-state index contributed by atoms with van der Waals surface area (Å²) in [5, 5.41) is 14.6. The van der Waals surface area contributed by atoms with Gasteiger partial charge in [0.2, 0.25) is 11.6 Å². The molecule has 0 saturated carbocycles. The molecular weight excluding hydrogens is 502 g/mol. The van der Waals surface area contributed by atoms with Gasteiger partial charge in [0.05, 0.1) is 0 Å². The number of carbonyl (C=O) groups is 2. The lowest BCUT2D eigenvalue weighted by Crippen LogP contribution is -2.15. The van der Waals surface area contributed by atoms with Crippen LogP contribution in [0.1, 0.15) is 57.7 Å². The van der Waals surface area contributed by atoms with Crippen LogP contribution in [-0.2, 0) is 13.0 Å². The number of aldehydes is 1. The molecule has 5 aromatic rings. The Morgan fingerprint density at radius 3 is 2.50 bits per heavy atom. The van der Waals surface area contributed by atoms with Gasteiger partial charge >= 0.3 is 0 Å². The highest BCUT2D eigenvalue weighted by Crippen LogP contribution is 2.30. The number of halogens is 1. The zero-order valence-corrected chi connectivity index (χ0v) is 21.4. The average molecular weight is 526 g/mol. The minimum atomic E-state index is -0.339. The maximum atomic E-state index is 13.4. The number of aryl methyl sites for hydroxylation is 1. The predicted molar refractivity (Wildman–Crippen MR) is 143 cm³/mol. The molecule has 9 nitrogen and oxygen atoms in total. The van der Waals surface area contributed by atoms with Crippen molar-refractivity contribution in [3.63, 3.8) is 0 Å². The zero-order valence-electron chi connectivity index (χ0n) is 20.6. The second kappa shape index (κ2) is 11.3. The van der Waals surface area contributed by atoms with Gasteiger partial charge < -0.3 is 4.57 Å². The van der Waals surface area contributed by atoms with E-state index in [2.05, 4.69) is 37.5 Å². The molecule has 10 heteroatoms. The Morgan fingerprint density at radius 2 is 1.84 bits per heavy atom. The number of H-pyrrole nitrogens is 1. The third-order valence-corrected chi connectivity index (χ3v) is 6.51. The highest BCUT2D eigenvalue weighted by Gasteiger charge is 2.24. The lowest BCUT2D eigenvalue weighted by atomic mass is 9.98. The molecule has 0 bridgehead atoms. The fourth-order valence-electron chi connectivity index (χ4n) is 4.29. The van der Waals surface area contributed by atoms with Crippen molar-refractivity contribution in [1.82, 2.24) is 35.2 Å². The van der Waals surface area contributed by atoms with Gasteiger partial charge in [0.15, 0.2) is 11.4 Å². The number of imidazole rings is 1. The molecule has 3 heterocycles. The Kier molecular flexibility index (Phi) is 7.46. The first-order chi connectivity index (χ1) is 18.6. The van der Waals surface area contributed by atoms with Crippen LogP contribution in [-0.4, -0.2) is 47.2 Å². The molecule has 0 spiro atoms. The number of aromatic nitrogens is 7. The number of ketones is 1. The van der Waals surface area contributed by atoms with Gasteiger partial charge in [-0.15, -0.1) is 10.2 Å². The largest absolute Gasteiger partial charge is 0.319 e. The monoisotopic (exact) mass is 525 g/mol. The SMILES string of the molecule is CCCCc1nc(Cl)c(C(=O)c2ccc(C=O)cn2)n1Cc1ccc(-c2ccccc2-c2nn[nH]n2)cc1. The molecule has 0 saturated heterocycles. The van der Waals surface area contributed by atoms with E-state index in [0.29, 0.717) is 30.6 Å². The third-order valence-electron chi connectivity index (χ3n) is 6.25. The number of rotatable bonds is 10. The number of hydrogen-bond donors (Lipinski definition) is 1. The number of carbonyl (C=O) groups excluding carboxylic acids is 2. The van der Waals surface area contributed by atoms with Crippen molar-refractivity contribution in [2.24, 2.45) is 0 Å². The van der Waals surface area contributed by atoms with Crippen molar-refractivity contribution in [2.75, 3.05) is 0 Å². The van der Waals surface area contributed by atoms with E-state index in [0.717, 1.165) is 40.9 Å². The maximum absolute atomic E-state index is 13.4. The summed E-state index contributed by atoms with van der Waals surface area (Å²) in [6.45, 7) is 2.52. The van der Waals surface area contributed by atoms with Gasteiger partial charge in [-0.1, -0.05) is 73.5 Å². The molecule has 2 aromatic carbocycles. The molecule has 38 heavy (non-hydrogen) atoms. The van der Waals surface area contributed by atoms with Crippen LogP contribution in [0.15, 0.2) is 66.9 Å². The van der Waals surface area contributed by atoms with Gasteiger partial charge in [-0.05, 0) is 40.5 Å². The summed E-state index contributed by atoms with van der Waals surface area (Å²) in [6.07, 6.45) is 4.65. The van der Waals surface area contributed by atoms with Crippen molar-refractivity contribution in [2.45, 2.75) is 32.7 Å². The molecule has 1 N–H and O–H groups in total. The minimum absolute atomic E-state index is 0.146. The van der Waals surface area contributed by atoms with Crippen molar-refractivity contribution < 1.29 is 9.59 Å². The first kappa shape index (κ1) is 25.2. The predicted octanol–water partition coefficient (Wildman–Crippen LogP) is 5.21. The summed E-state index contributed by atoms with van der Waals surface area (Å²) in [5.74, 6) is 0.931.